The molecule has 0 aliphatic rings. The Bertz CT molecular complexity index is 760. The van der Waals surface area contributed by atoms with Crippen LogP contribution in [0.5, 0.6) is 11.5 Å². The minimum absolute atomic E-state index is 0.316. The van der Waals surface area contributed by atoms with Gasteiger partial charge in [0.15, 0.2) is 11.5 Å². The first kappa shape index (κ1) is 17.8. The van der Waals surface area contributed by atoms with Crippen molar-refractivity contribution in [1.82, 2.24) is 0 Å². The zero-order chi connectivity index (χ0) is 17.7. The maximum absolute atomic E-state index is 12.4. The summed E-state index contributed by atoms with van der Waals surface area (Å²) in [5.41, 5.74) is 6.51. The summed E-state index contributed by atoms with van der Waals surface area (Å²) in [7, 11) is 1.51. The number of amides is 2. The predicted octanol–water partition coefficient (Wildman–Crippen LogP) is 3.21. The molecule has 0 aliphatic carbocycles. The molecule has 2 aromatic carbocycles. The number of methoxy groups -OCH3 is 1. The van der Waals surface area contributed by atoms with Gasteiger partial charge in [0.1, 0.15) is 0 Å². The van der Waals surface area contributed by atoms with Gasteiger partial charge in [0.2, 0.25) is 5.91 Å². The number of hydrogen-bond acceptors (Lipinski definition) is 4. The van der Waals surface area contributed by atoms with Crippen LogP contribution in [0.1, 0.15) is 27.6 Å². The van der Waals surface area contributed by atoms with Crippen LogP contribution >= 0.6 is 15.9 Å². The molecule has 0 saturated heterocycles. The summed E-state index contributed by atoms with van der Waals surface area (Å²) in [6, 6.07) is 9.57. The average molecular weight is 393 g/mol. The molecule has 126 valence electrons. The third kappa shape index (κ3) is 4.05. The number of carbonyl (C=O) groups excluding carboxylic acids is 2. The van der Waals surface area contributed by atoms with Crippen molar-refractivity contribution in [1.29, 1.82) is 0 Å². The highest BCUT2D eigenvalue weighted by Crippen LogP contribution is 2.36. The minimum atomic E-state index is -0.520. The summed E-state index contributed by atoms with van der Waals surface area (Å²) in [5.74, 6) is 0.166. The first-order chi connectivity index (χ1) is 11.5. The van der Waals surface area contributed by atoms with Crippen LogP contribution in [-0.2, 0) is 0 Å². The molecule has 6 nitrogen and oxygen atoms in total. The lowest BCUT2D eigenvalue weighted by molar-refractivity contribution is 0.0998. The number of anilines is 1. The summed E-state index contributed by atoms with van der Waals surface area (Å²) >= 11 is 3.38. The minimum Gasteiger partial charge on any atom is -0.493 e. The lowest BCUT2D eigenvalue weighted by atomic mass is 10.1. The van der Waals surface area contributed by atoms with E-state index in [0.29, 0.717) is 39.4 Å². The summed E-state index contributed by atoms with van der Waals surface area (Å²) in [4.78, 5) is 23.5. The second kappa shape index (κ2) is 7.83. The molecule has 2 rings (SSSR count). The van der Waals surface area contributed by atoms with Crippen molar-refractivity contribution in [2.45, 2.75) is 6.92 Å². The van der Waals surface area contributed by atoms with Crippen LogP contribution in [-0.4, -0.2) is 25.5 Å². The summed E-state index contributed by atoms with van der Waals surface area (Å²) in [6.45, 7) is 2.34. The van der Waals surface area contributed by atoms with Crippen LogP contribution in [0.3, 0.4) is 0 Å². The lowest BCUT2D eigenvalue weighted by Gasteiger charge is -2.13. The predicted molar refractivity (Wildman–Crippen MR) is 94.8 cm³/mol. The summed E-state index contributed by atoms with van der Waals surface area (Å²) < 4.78 is 11.4. The van der Waals surface area contributed by atoms with Gasteiger partial charge in [-0.2, -0.15) is 0 Å². The van der Waals surface area contributed by atoms with Crippen molar-refractivity contribution >= 4 is 33.4 Å². The molecule has 2 aromatic rings. The maximum Gasteiger partial charge on any atom is 0.255 e. The first-order valence-electron chi connectivity index (χ1n) is 7.17. The Morgan fingerprint density at radius 1 is 1.17 bits per heavy atom. The monoisotopic (exact) mass is 392 g/mol. The highest BCUT2D eigenvalue weighted by Gasteiger charge is 2.15. The van der Waals surface area contributed by atoms with E-state index in [-0.39, 0.29) is 5.91 Å². The van der Waals surface area contributed by atoms with E-state index in [4.69, 9.17) is 15.2 Å². The van der Waals surface area contributed by atoms with Gasteiger partial charge in [0, 0.05) is 16.8 Å². The molecule has 0 atom stereocenters. The first-order valence-corrected chi connectivity index (χ1v) is 7.97. The van der Waals surface area contributed by atoms with Gasteiger partial charge in [0.25, 0.3) is 5.91 Å². The van der Waals surface area contributed by atoms with Crippen LogP contribution in [0.15, 0.2) is 40.9 Å². The van der Waals surface area contributed by atoms with E-state index in [1.54, 1.807) is 36.4 Å². The molecule has 0 aromatic heterocycles. The quantitative estimate of drug-likeness (QED) is 0.789. The molecular formula is C17H17BrN2O4. The zero-order valence-corrected chi connectivity index (χ0v) is 14.8. The maximum atomic E-state index is 12.4. The molecule has 0 heterocycles. The molecule has 2 amide bonds. The van der Waals surface area contributed by atoms with Gasteiger partial charge < -0.3 is 20.5 Å². The fraction of sp³-hybridized carbons (Fsp3) is 0.176. The van der Waals surface area contributed by atoms with Crippen molar-refractivity contribution in [3.05, 3.63) is 52.0 Å². The molecule has 0 bridgehead atoms. The SMILES string of the molecule is CCOc1c(Br)cc(C(=O)Nc2ccc(C(N)=O)cc2)cc1OC. The van der Waals surface area contributed by atoms with E-state index in [1.807, 2.05) is 6.92 Å². The van der Waals surface area contributed by atoms with Gasteiger partial charge in [-0.15, -0.1) is 0 Å². The van der Waals surface area contributed by atoms with Crippen molar-refractivity contribution < 1.29 is 19.1 Å². The number of primary amides is 1. The number of halogens is 1. The smallest absolute Gasteiger partial charge is 0.255 e. The lowest BCUT2D eigenvalue weighted by Crippen LogP contribution is -2.14. The third-order valence-corrected chi connectivity index (χ3v) is 3.80. The van der Waals surface area contributed by atoms with E-state index in [2.05, 4.69) is 21.2 Å². The van der Waals surface area contributed by atoms with Crippen LogP contribution in [0.25, 0.3) is 0 Å². The van der Waals surface area contributed by atoms with E-state index >= 15 is 0 Å². The fourth-order valence-corrected chi connectivity index (χ4v) is 2.61. The van der Waals surface area contributed by atoms with Crippen molar-refractivity contribution in [2.24, 2.45) is 5.73 Å². The second-order valence-electron chi connectivity index (χ2n) is 4.82. The third-order valence-electron chi connectivity index (χ3n) is 3.21. The van der Waals surface area contributed by atoms with Gasteiger partial charge in [-0.25, -0.2) is 0 Å². The zero-order valence-electron chi connectivity index (χ0n) is 13.3. The van der Waals surface area contributed by atoms with Crippen LogP contribution in [0.4, 0.5) is 5.69 Å². The van der Waals surface area contributed by atoms with Crippen molar-refractivity contribution in [2.75, 3.05) is 19.0 Å². The number of ether oxygens (including phenoxy) is 2. The Morgan fingerprint density at radius 3 is 2.38 bits per heavy atom. The van der Waals surface area contributed by atoms with Gasteiger partial charge in [-0.3, -0.25) is 9.59 Å². The molecule has 0 spiro atoms. The Hall–Kier alpha value is -2.54. The largest absolute Gasteiger partial charge is 0.493 e. The molecule has 0 unspecified atom stereocenters. The topological polar surface area (TPSA) is 90.6 Å². The van der Waals surface area contributed by atoms with Gasteiger partial charge in [-0.05, 0) is 59.3 Å². The standard InChI is InChI=1S/C17H17BrN2O4/c1-3-24-15-13(18)8-11(9-14(15)23-2)17(22)20-12-6-4-10(5-7-12)16(19)21/h4-9H,3H2,1-2H3,(H2,19,21)(H,20,22). The highest BCUT2D eigenvalue weighted by molar-refractivity contribution is 9.10. The van der Waals surface area contributed by atoms with Crippen molar-refractivity contribution in [3.63, 3.8) is 0 Å². The number of rotatable bonds is 6. The van der Waals surface area contributed by atoms with Crippen molar-refractivity contribution in [3.8, 4) is 11.5 Å². The molecule has 0 fully saturated rings. The Morgan fingerprint density at radius 2 is 1.83 bits per heavy atom. The Kier molecular flexibility index (Phi) is 5.81. The van der Waals surface area contributed by atoms with Gasteiger partial charge in [0.05, 0.1) is 18.2 Å². The molecule has 3 N–H and O–H groups in total. The van der Waals surface area contributed by atoms with Crippen LogP contribution in [0.2, 0.25) is 0 Å². The summed E-state index contributed by atoms with van der Waals surface area (Å²) in [5, 5.41) is 2.75. The Labute approximate surface area is 148 Å². The van der Waals surface area contributed by atoms with Crippen LogP contribution < -0.4 is 20.5 Å². The molecule has 7 heteroatoms. The van der Waals surface area contributed by atoms with E-state index in [0.717, 1.165) is 0 Å². The van der Waals surface area contributed by atoms with Gasteiger partial charge in [-0.1, -0.05) is 0 Å². The number of carbonyl (C=O) groups is 2. The molecule has 0 radical (unpaired) electrons. The fourth-order valence-electron chi connectivity index (χ4n) is 2.06. The van der Waals surface area contributed by atoms with E-state index < -0.39 is 5.91 Å². The Balaban J connectivity index is 2.23. The van der Waals surface area contributed by atoms with E-state index in [1.165, 1.54) is 7.11 Å². The molecule has 0 aliphatic heterocycles. The molecule has 24 heavy (non-hydrogen) atoms. The van der Waals surface area contributed by atoms with Crippen LogP contribution in [0, 0.1) is 0 Å². The number of hydrogen-bond donors (Lipinski definition) is 2. The normalized spacial score (nSPS) is 10.1. The highest BCUT2D eigenvalue weighted by atomic mass is 79.9. The molecule has 0 saturated carbocycles. The molecular weight excluding hydrogens is 376 g/mol. The number of benzene rings is 2. The number of nitrogens with one attached hydrogen (secondary N) is 1. The average Bonchev–Trinajstić information content (AvgIpc) is 2.57. The van der Waals surface area contributed by atoms with E-state index in [9.17, 15) is 9.59 Å². The van der Waals surface area contributed by atoms with Gasteiger partial charge >= 0.3 is 0 Å². The second-order valence-corrected chi connectivity index (χ2v) is 5.67. The summed E-state index contributed by atoms with van der Waals surface area (Å²) in [6.07, 6.45) is 0. The number of nitrogens with two attached hydrogens (primary N) is 1.